The molecule has 0 aliphatic rings. The summed E-state index contributed by atoms with van der Waals surface area (Å²) >= 11 is 0. The first-order chi connectivity index (χ1) is 11.1. The highest BCUT2D eigenvalue weighted by molar-refractivity contribution is 6.02. The largest absolute Gasteiger partial charge is 0.456 e. The zero-order chi connectivity index (χ0) is 16.0. The summed E-state index contributed by atoms with van der Waals surface area (Å²) in [5.74, 6) is 0.0348. The van der Waals surface area contributed by atoms with Gasteiger partial charge in [-0.1, -0.05) is 24.3 Å². The van der Waals surface area contributed by atoms with E-state index in [1.165, 1.54) is 6.92 Å². The highest BCUT2D eigenvalue weighted by Gasteiger charge is 2.11. The zero-order valence-corrected chi connectivity index (χ0v) is 12.3. The summed E-state index contributed by atoms with van der Waals surface area (Å²) in [5, 5.41) is 2.55. The minimum Gasteiger partial charge on any atom is -0.456 e. The van der Waals surface area contributed by atoms with Crippen LogP contribution in [0.2, 0.25) is 0 Å². The van der Waals surface area contributed by atoms with Crippen LogP contribution in [0.15, 0.2) is 63.8 Å². The molecular weight excluding hydrogens is 292 g/mol. The Morgan fingerprint density at radius 1 is 0.913 bits per heavy atom. The molecule has 0 unspecified atom stereocenters. The molecule has 0 aliphatic heterocycles. The van der Waals surface area contributed by atoms with Crippen molar-refractivity contribution >= 4 is 38.7 Å². The fourth-order valence-electron chi connectivity index (χ4n) is 2.79. The predicted octanol–water partition coefficient (Wildman–Crippen LogP) is 4.02. The molecule has 4 aromatic rings. The van der Waals surface area contributed by atoms with Crippen LogP contribution in [0.4, 0.5) is 0 Å². The highest BCUT2D eigenvalue weighted by Crippen LogP contribution is 2.30. The third kappa shape index (κ3) is 2.16. The number of rotatable bonds is 1. The second kappa shape index (κ2) is 4.95. The minimum atomic E-state index is -0.400. The molecule has 0 atom stereocenters. The number of carbonyl (C=O) groups is 1. The van der Waals surface area contributed by atoms with E-state index in [4.69, 9.17) is 9.15 Å². The van der Waals surface area contributed by atoms with Crippen LogP contribution in [-0.2, 0) is 4.79 Å². The smallest absolute Gasteiger partial charge is 0.308 e. The van der Waals surface area contributed by atoms with Gasteiger partial charge in [-0.2, -0.15) is 0 Å². The van der Waals surface area contributed by atoms with Crippen LogP contribution in [0.1, 0.15) is 6.92 Å². The Bertz CT molecular complexity index is 1140. The summed E-state index contributed by atoms with van der Waals surface area (Å²) in [6, 6.07) is 16.1. The molecule has 0 amide bonds. The average Bonchev–Trinajstić information content (AvgIpc) is 2.54. The second-order valence-corrected chi connectivity index (χ2v) is 5.35. The summed E-state index contributed by atoms with van der Waals surface area (Å²) < 4.78 is 11.1. The Balaban J connectivity index is 2.14. The van der Waals surface area contributed by atoms with Gasteiger partial charge in [0.2, 0.25) is 5.43 Å². The van der Waals surface area contributed by atoms with Gasteiger partial charge in [-0.25, -0.2) is 0 Å². The van der Waals surface area contributed by atoms with Crippen molar-refractivity contribution in [1.82, 2.24) is 0 Å². The van der Waals surface area contributed by atoms with Crippen molar-refractivity contribution in [1.29, 1.82) is 0 Å². The normalized spacial score (nSPS) is 11.2. The first-order valence-corrected chi connectivity index (χ1v) is 7.20. The van der Waals surface area contributed by atoms with Gasteiger partial charge in [0.25, 0.3) is 0 Å². The van der Waals surface area contributed by atoms with E-state index < -0.39 is 5.97 Å². The van der Waals surface area contributed by atoms with E-state index in [2.05, 4.69) is 0 Å². The van der Waals surface area contributed by atoms with Crippen LogP contribution in [0, 0.1) is 0 Å². The van der Waals surface area contributed by atoms with Gasteiger partial charge in [0.05, 0.1) is 10.8 Å². The van der Waals surface area contributed by atoms with Crippen LogP contribution >= 0.6 is 0 Å². The SMILES string of the molecule is CC(=O)Oc1cccc2cc3oc4ccccc4c(=O)c3cc12. The number of hydrogen-bond acceptors (Lipinski definition) is 4. The minimum absolute atomic E-state index is 0.0959. The number of benzene rings is 3. The van der Waals surface area contributed by atoms with E-state index in [9.17, 15) is 9.59 Å². The average molecular weight is 304 g/mol. The van der Waals surface area contributed by atoms with Crippen LogP contribution in [0.5, 0.6) is 5.75 Å². The molecule has 0 fully saturated rings. The van der Waals surface area contributed by atoms with Crippen molar-refractivity contribution in [3.8, 4) is 5.75 Å². The molecule has 23 heavy (non-hydrogen) atoms. The van der Waals surface area contributed by atoms with Crippen LogP contribution < -0.4 is 10.2 Å². The van der Waals surface area contributed by atoms with Gasteiger partial charge in [-0.3, -0.25) is 9.59 Å². The lowest BCUT2D eigenvalue weighted by Gasteiger charge is -2.08. The Morgan fingerprint density at radius 3 is 2.57 bits per heavy atom. The lowest BCUT2D eigenvalue weighted by molar-refractivity contribution is -0.131. The summed E-state index contributed by atoms with van der Waals surface area (Å²) in [7, 11) is 0. The third-order valence-electron chi connectivity index (χ3n) is 3.79. The first-order valence-electron chi connectivity index (χ1n) is 7.20. The standard InChI is InChI=1S/C19H12O4/c1-11(20)22-17-8-4-5-12-9-18-15(10-14(12)17)19(21)13-6-2-3-7-16(13)23-18/h2-10H,1H3. The molecule has 1 aromatic heterocycles. The summed E-state index contributed by atoms with van der Waals surface area (Å²) in [6.45, 7) is 1.35. The van der Waals surface area contributed by atoms with Gasteiger partial charge in [-0.15, -0.1) is 0 Å². The maximum Gasteiger partial charge on any atom is 0.308 e. The molecule has 0 aliphatic carbocycles. The second-order valence-electron chi connectivity index (χ2n) is 5.35. The molecule has 112 valence electrons. The van der Waals surface area contributed by atoms with Crippen molar-refractivity contribution in [2.24, 2.45) is 0 Å². The molecule has 0 saturated heterocycles. The number of esters is 1. The molecule has 0 N–H and O–H groups in total. The van der Waals surface area contributed by atoms with Crippen LogP contribution in [0.25, 0.3) is 32.7 Å². The lowest BCUT2D eigenvalue weighted by atomic mass is 10.1. The quantitative estimate of drug-likeness (QED) is 0.303. The Kier molecular flexibility index (Phi) is 2.91. The van der Waals surface area contributed by atoms with Gasteiger partial charge in [0.1, 0.15) is 16.9 Å². The van der Waals surface area contributed by atoms with E-state index >= 15 is 0 Å². The number of fused-ring (bicyclic) bond motifs is 3. The number of hydrogen-bond donors (Lipinski definition) is 0. The number of para-hydroxylation sites is 1. The lowest BCUT2D eigenvalue weighted by Crippen LogP contribution is -2.04. The Morgan fingerprint density at radius 2 is 1.74 bits per heavy atom. The third-order valence-corrected chi connectivity index (χ3v) is 3.79. The molecule has 0 bridgehead atoms. The van der Waals surface area contributed by atoms with Gasteiger partial charge >= 0.3 is 5.97 Å². The van der Waals surface area contributed by atoms with Gasteiger partial charge in [0.15, 0.2) is 0 Å². The van der Waals surface area contributed by atoms with Crippen molar-refractivity contribution in [2.45, 2.75) is 6.92 Å². The highest BCUT2D eigenvalue weighted by atomic mass is 16.5. The molecule has 0 saturated carbocycles. The Labute approximate surface area is 130 Å². The van der Waals surface area contributed by atoms with E-state index in [0.29, 0.717) is 33.1 Å². The predicted molar refractivity (Wildman–Crippen MR) is 88.8 cm³/mol. The van der Waals surface area contributed by atoms with Crippen molar-refractivity contribution in [2.75, 3.05) is 0 Å². The molecule has 4 rings (SSSR count). The number of carbonyl (C=O) groups excluding carboxylic acids is 1. The topological polar surface area (TPSA) is 56.5 Å². The summed E-state index contributed by atoms with van der Waals surface area (Å²) in [5.41, 5.74) is 0.975. The van der Waals surface area contributed by atoms with Crippen LogP contribution in [0.3, 0.4) is 0 Å². The zero-order valence-electron chi connectivity index (χ0n) is 12.3. The molecule has 4 heteroatoms. The molecular formula is C19H12O4. The van der Waals surface area contributed by atoms with E-state index in [1.54, 1.807) is 42.5 Å². The van der Waals surface area contributed by atoms with E-state index in [0.717, 1.165) is 5.39 Å². The fraction of sp³-hybridized carbons (Fsp3) is 0.0526. The van der Waals surface area contributed by atoms with E-state index in [1.807, 2.05) is 12.1 Å². The first kappa shape index (κ1) is 13.5. The van der Waals surface area contributed by atoms with Gasteiger partial charge in [-0.05, 0) is 35.7 Å². The van der Waals surface area contributed by atoms with Gasteiger partial charge in [0, 0.05) is 12.3 Å². The molecule has 4 nitrogen and oxygen atoms in total. The monoisotopic (exact) mass is 304 g/mol. The van der Waals surface area contributed by atoms with Crippen LogP contribution in [-0.4, -0.2) is 5.97 Å². The maximum absolute atomic E-state index is 12.7. The molecule has 3 aromatic carbocycles. The summed E-state index contributed by atoms with van der Waals surface area (Å²) in [6.07, 6.45) is 0. The molecule has 0 spiro atoms. The number of ether oxygens (including phenoxy) is 1. The van der Waals surface area contributed by atoms with Gasteiger partial charge < -0.3 is 9.15 Å². The van der Waals surface area contributed by atoms with Crippen molar-refractivity contribution in [3.63, 3.8) is 0 Å². The fourth-order valence-corrected chi connectivity index (χ4v) is 2.79. The molecule has 1 heterocycles. The summed E-state index contributed by atoms with van der Waals surface area (Å²) in [4.78, 5) is 24.0. The molecule has 0 radical (unpaired) electrons. The van der Waals surface area contributed by atoms with Crippen molar-refractivity contribution in [3.05, 3.63) is 64.8 Å². The maximum atomic E-state index is 12.7. The van der Waals surface area contributed by atoms with E-state index in [-0.39, 0.29) is 5.43 Å². The van der Waals surface area contributed by atoms with Crippen molar-refractivity contribution < 1.29 is 13.9 Å². The Hall–Kier alpha value is -3.14.